The van der Waals surface area contributed by atoms with Gasteiger partial charge in [0.1, 0.15) is 6.10 Å². The molecule has 272 valence electrons. The molecule has 0 aliphatic carbocycles. The summed E-state index contributed by atoms with van der Waals surface area (Å²) in [5.41, 5.74) is 0. The van der Waals surface area contributed by atoms with E-state index in [9.17, 15) is 9.46 Å². The summed E-state index contributed by atoms with van der Waals surface area (Å²) in [6, 6.07) is 0. The zero-order valence-corrected chi connectivity index (χ0v) is 32.4. The average Bonchev–Trinajstić information content (AvgIpc) is 3.03. The molecular weight excluding hydrogens is 651 g/mol. The molecule has 8 heteroatoms. The van der Waals surface area contributed by atoms with Crippen LogP contribution in [0.5, 0.6) is 0 Å². The summed E-state index contributed by atoms with van der Waals surface area (Å²) in [6.45, 7) is 6.34. The second kappa shape index (κ2) is 37.3. The van der Waals surface area contributed by atoms with Gasteiger partial charge in [-0.2, -0.15) is 0 Å². The molecule has 0 heterocycles. The monoisotopic (exact) mass is 726 g/mol. The van der Waals surface area contributed by atoms with Gasteiger partial charge in [-0.3, -0.25) is 9.05 Å². The molecule has 0 aromatic rings. The van der Waals surface area contributed by atoms with Crippen LogP contribution in [0, 0.1) is 0 Å². The Kier molecular flexibility index (Phi) is 37.8. The van der Waals surface area contributed by atoms with Gasteiger partial charge in [0.15, 0.2) is 0 Å². The molecule has 0 aliphatic heterocycles. The summed E-state index contributed by atoms with van der Waals surface area (Å²) in [5.74, 6) is 0. The number of hydrogen-bond donors (Lipinski definition) is 1. The molecule has 0 fully saturated rings. The molecule has 0 radical (unpaired) electrons. The van der Waals surface area contributed by atoms with Crippen molar-refractivity contribution in [2.24, 2.45) is 0 Å². The van der Waals surface area contributed by atoms with E-state index in [1.54, 1.807) is 0 Å². The van der Waals surface area contributed by atoms with Crippen molar-refractivity contribution in [1.82, 2.24) is 0 Å². The fourth-order valence-corrected chi connectivity index (χ4v) is 6.83. The highest BCUT2D eigenvalue weighted by atomic mass is 79.9. The molecule has 0 aliphatic rings. The lowest BCUT2D eigenvalue weighted by Gasteiger charge is -2.20. The van der Waals surface area contributed by atoms with Gasteiger partial charge in [0, 0.05) is 18.5 Å². The highest BCUT2D eigenvalue weighted by Crippen LogP contribution is 2.43. The van der Waals surface area contributed by atoms with Crippen molar-refractivity contribution < 1.29 is 28.0 Å². The molecule has 0 aromatic heterocycles. The molecule has 0 spiro atoms. The minimum absolute atomic E-state index is 0.00654. The van der Waals surface area contributed by atoms with E-state index in [2.05, 4.69) is 29.8 Å². The molecule has 0 amide bonds. The van der Waals surface area contributed by atoms with E-state index in [0.29, 0.717) is 25.2 Å². The fraction of sp³-hybridized carbons (Fsp3) is 1.00. The summed E-state index contributed by atoms with van der Waals surface area (Å²) in [7, 11) is -4.08. The topological polar surface area (TPSA) is 74.2 Å². The summed E-state index contributed by atoms with van der Waals surface area (Å²) in [5, 5.41) is 0.474. The van der Waals surface area contributed by atoms with Crippen LogP contribution >= 0.6 is 23.8 Å². The van der Waals surface area contributed by atoms with Crippen LogP contribution in [0.3, 0.4) is 0 Å². The molecule has 0 aromatic carbocycles. The summed E-state index contributed by atoms with van der Waals surface area (Å²) >= 11 is 3.20. The first-order valence-corrected chi connectivity index (χ1v) is 22.0. The first kappa shape index (κ1) is 45.5. The van der Waals surface area contributed by atoms with E-state index in [4.69, 9.17) is 18.5 Å². The fourth-order valence-electron chi connectivity index (χ4n) is 5.67. The molecule has 2 atom stereocenters. The maximum absolute atomic E-state index is 12.1. The van der Waals surface area contributed by atoms with Crippen molar-refractivity contribution in [1.29, 1.82) is 0 Å². The molecule has 0 saturated carbocycles. The van der Waals surface area contributed by atoms with Crippen molar-refractivity contribution in [3.63, 3.8) is 0 Å². The van der Waals surface area contributed by atoms with Crippen LogP contribution in [0.2, 0.25) is 0 Å². The largest absolute Gasteiger partial charge is 0.472 e. The van der Waals surface area contributed by atoms with E-state index < -0.39 is 7.82 Å². The van der Waals surface area contributed by atoms with Crippen molar-refractivity contribution >= 4 is 23.8 Å². The third-order valence-electron chi connectivity index (χ3n) is 8.55. The zero-order chi connectivity index (χ0) is 32.9. The van der Waals surface area contributed by atoms with Crippen molar-refractivity contribution in [2.75, 3.05) is 38.4 Å². The second-order valence-electron chi connectivity index (χ2n) is 13.0. The molecule has 0 rings (SSSR count). The highest BCUT2D eigenvalue weighted by molar-refractivity contribution is 9.09. The maximum atomic E-state index is 12.1. The molecular formula is C37H76BrO6P. The Morgan fingerprint density at radius 2 is 0.844 bits per heavy atom. The third kappa shape index (κ3) is 37.2. The lowest BCUT2D eigenvalue weighted by molar-refractivity contribution is -0.0442. The van der Waals surface area contributed by atoms with Crippen LogP contribution in [0.15, 0.2) is 0 Å². The number of phosphoric ester groups is 1. The van der Waals surface area contributed by atoms with E-state index in [0.717, 1.165) is 19.3 Å². The minimum atomic E-state index is -4.08. The standard InChI is InChI=1S/C37H76BrO6P/c1-3-5-7-9-11-13-15-17-19-21-23-25-27-29-32-41-35-37(36-44-45(39,40)43-34-31-38)42-33-30-28-26-24-22-20-18-16-14-12-10-8-6-4-2/h37H,3-36H2,1-2H3,(H,39,40)/t37-/m0/s1. The maximum Gasteiger partial charge on any atom is 0.472 e. The van der Waals surface area contributed by atoms with Crippen LogP contribution in [0.1, 0.15) is 194 Å². The van der Waals surface area contributed by atoms with Crippen LogP contribution in [0.25, 0.3) is 0 Å². The number of alkyl halides is 1. The van der Waals surface area contributed by atoms with Crippen LogP contribution in [-0.4, -0.2) is 49.4 Å². The number of rotatable bonds is 39. The van der Waals surface area contributed by atoms with E-state index >= 15 is 0 Å². The molecule has 6 nitrogen and oxygen atoms in total. The molecule has 1 unspecified atom stereocenters. The lowest BCUT2D eigenvalue weighted by Crippen LogP contribution is -2.26. The number of unbranched alkanes of at least 4 members (excludes halogenated alkanes) is 26. The van der Waals surface area contributed by atoms with Gasteiger partial charge in [-0.15, -0.1) is 0 Å². The third-order valence-corrected chi connectivity index (χ3v) is 9.86. The normalized spacial score (nSPS) is 13.8. The van der Waals surface area contributed by atoms with E-state index in [1.807, 2.05) is 0 Å². The first-order valence-electron chi connectivity index (χ1n) is 19.4. The quantitative estimate of drug-likeness (QED) is 0.0386. The smallest absolute Gasteiger partial charge is 0.379 e. The Labute approximate surface area is 289 Å². The van der Waals surface area contributed by atoms with Crippen LogP contribution in [0.4, 0.5) is 0 Å². The molecule has 45 heavy (non-hydrogen) atoms. The Bertz CT molecular complexity index is 611. The van der Waals surface area contributed by atoms with E-state index in [-0.39, 0.29) is 19.3 Å². The average molecular weight is 728 g/mol. The highest BCUT2D eigenvalue weighted by Gasteiger charge is 2.23. The number of halogens is 1. The van der Waals surface area contributed by atoms with Crippen molar-refractivity contribution in [3.05, 3.63) is 0 Å². The van der Waals surface area contributed by atoms with Crippen molar-refractivity contribution in [2.45, 2.75) is 200 Å². The number of ether oxygens (including phenoxy) is 2. The number of hydrogen-bond acceptors (Lipinski definition) is 5. The van der Waals surface area contributed by atoms with Gasteiger partial charge in [0.25, 0.3) is 0 Å². The predicted molar refractivity (Wildman–Crippen MR) is 197 cm³/mol. The zero-order valence-electron chi connectivity index (χ0n) is 29.9. The van der Waals surface area contributed by atoms with Gasteiger partial charge in [-0.05, 0) is 12.8 Å². The Hall–Kier alpha value is 0.510. The Morgan fingerprint density at radius 3 is 1.22 bits per heavy atom. The van der Waals surface area contributed by atoms with Gasteiger partial charge in [0.05, 0.1) is 19.8 Å². The van der Waals surface area contributed by atoms with E-state index in [1.165, 1.54) is 161 Å². The van der Waals surface area contributed by atoms with Gasteiger partial charge in [0.2, 0.25) is 0 Å². The van der Waals surface area contributed by atoms with Crippen LogP contribution < -0.4 is 0 Å². The van der Waals surface area contributed by atoms with Crippen molar-refractivity contribution in [3.8, 4) is 0 Å². The van der Waals surface area contributed by atoms with Gasteiger partial charge < -0.3 is 14.4 Å². The summed E-state index contributed by atoms with van der Waals surface area (Å²) < 4.78 is 34.2. The van der Waals surface area contributed by atoms with Crippen LogP contribution in [-0.2, 0) is 23.1 Å². The molecule has 0 bridgehead atoms. The molecule has 0 saturated heterocycles. The lowest BCUT2D eigenvalue weighted by atomic mass is 10.0. The first-order chi connectivity index (χ1) is 22.1. The minimum Gasteiger partial charge on any atom is -0.379 e. The molecule has 1 N–H and O–H groups in total. The van der Waals surface area contributed by atoms with Gasteiger partial charge >= 0.3 is 7.82 Å². The summed E-state index contributed by atoms with van der Waals surface area (Å²) in [6.07, 6.45) is 36.9. The van der Waals surface area contributed by atoms with Gasteiger partial charge in [-0.25, -0.2) is 4.57 Å². The van der Waals surface area contributed by atoms with Gasteiger partial charge in [-0.1, -0.05) is 197 Å². The SMILES string of the molecule is CCCCCCCCCCCCCCCCOC[C@@H](COP(=O)(O)OCCBr)OCCCCCCCCCCCCCCCC. The summed E-state index contributed by atoms with van der Waals surface area (Å²) in [4.78, 5) is 9.90. The number of phosphoric acid groups is 1. The second-order valence-corrected chi connectivity index (χ2v) is 15.3. The Balaban J connectivity index is 3.89. The predicted octanol–water partition coefficient (Wildman–Crippen LogP) is 12.9. The Morgan fingerprint density at radius 1 is 0.489 bits per heavy atom.